The summed E-state index contributed by atoms with van der Waals surface area (Å²) in [4.78, 5) is 17.2. The van der Waals surface area contributed by atoms with Crippen molar-refractivity contribution in [3.63, 3.8) is 0 Å². The first-order valence-electron chi connectivity index (χ1n) is 9.56. The molecule has 0 aliphatic carbocycles. The number of carbonyl (C=O) groups excluding carboxylic acids is 1. The van der Waals surface area contributed by atoms with Gasteiger partial charge >= 0.3 is 0 Å². The van der Waals surface area contributed by atoms with Crippen molar-refractivity contribution in [2.75, 3.05) is 22.1 Å². The molecule has 2 atom stereocenters. The van der Waals surface area contributed by atoms with Crippen LogP contribution in [-0.2, 0) is 16.3 Å². The molecule has 1 amide bonds. The summed E-state index contributed by atoms with van der Waals surface area (Å²) in [6.07, 6.45) is 0.955. The van der Waals surface area contributed by atoms with Crippen LogP contribution in [0.25, 0.3) is 0 Å². The van der Waals surface area contributed by atoms with Crippen molar-refractivity contribution in [3.05, 3.63) is 59.2 Å². The lowest BCUT2D eigenvalue weighted by Gasteiger charge is -2.12. The van der Waals surface area contributed by atoms with Gasteiger partial charge < -0.3 is 10.6 Å². The van der Waals surface area contributed by atoms with Crippen LogP contribution in [0.4, 0.5) is 11.4 Å². The van der Waals surface area contributed by atoms with Crippen LogP contribution in [0.3, 0.4) is 0 Å². The van der Waals surface area contributed by atoms with Crippen LogP contribution in [0, 0.1) is 6.92 Å². The summed E-state index contributed by atoms with van der Waals surface area (Å²) in [6.45, 7) is 4.05. The van der Waals surface area contributed by atoms with Gasteiger partial charge in [0.2, 0.25) is 0 Å². The van der Waals surface area contributed by atoms with Crippen LogP contribution in [0.5, 0.6) is 0 Å². The zero-order chi connectivity index (χ0) is 20.6. The summed E-state index contributed by atoms with van der Waals surface area (Å²) in [6, 6.07) is 13.1. The number of sulfone groups is 1. The third-order valence-corrected chi connectivity index (χ3v) is 8.32. The Kier molecular flexibility index (Phi) is 5.40. The number of nitrogens with zero attached hydrogens (tertiary/aromatic N) is 1. The number of aryl methyl sites for hydroxylation is 2. The minimum atomic E-state index is -2.97. The maximum absolute atomic E-state index is 12.7. The second-order valence-electron chi connectivity index (χ2n) is 7.39. The molecule has 0 spiro atoms. The molecule has 0 saturated carbocycles. The predicted octanol–water partition coefficient (Wildman–Crippen LogP) is 3.49. The molecular weight excluding hydrogens is 406 g/mol. The van der Waals surface area contributed by atoms with Crippen molar-refractivity contribution in [2.45, 2.75) is 31.6 Å². The number of nitrogens with one attached hydrogen (secondary N) is 2. The smallest absolute Gasteiger partial charge is 0.255 e. The third kappa shape index (κ3) is 4.48. The van der Waals surface area contributed by atoms with Crippen LogP contribution in [0.1, 0.15) is 28.4 Å². The van der Waals surface area contributed by atoms with Crippen molar-refractivity contribution in [3.8, 4) is 0 Å². The highest BCUT2D eigenvalue weighted by Gasteiger charge is 2.42. The van der Waals surface area contributed by atoms with Crippen LogP contribution in [-0.4, -0.2) is 42.3 Å². The summed E-state index contributed by atoms with van der Waals surface area (Å²) in [7, 11) is -2.97. The second-order valence-corrected chi connectivity index (χ2v) is 10.8. The van der Waals surface area contributed by atoms with Crippen molar-refractivity contribution in [1.29, 1.82) is 0 Å². The average molecular weight is 430 g/mol. The zero-order valence-electron chi connectivity index (χ0n) is 16.3. The van der Waals surface area contributed by atoms with E-state index in [1.807, 2.05) is 37.3 Å². The molecule has 1 saturated heterocycles. The van der Waals surface area contributed by atoms with Gasteiger partial charge in [-0.3, -0.25) is 9.79 Å². The van der Waals surface area contributed by atoms with E-state index in [1.165, 1.54) is 17.3 Å². The lowest BCUT2D eigenvalue weighted by molar-refractivity contribution is 0.102. The van der Waals surface area contributed by atoms with E-state index in [0.29, 0.717) is 10.7 Å². The number of benzene rings is 2. The Bertz CT molecular complexity index is 1080. The minimum Gasteiger partial charge on any atom is -0.335 e. The lowest BCUT2D eigenvalue weighted by Crippen LogP contribution is -2.14. The molecule has 0 aromatic heterocycles. The highest BCUT2D eigenvalue weighted by atomic mass is 32.2. The van der Waals surface area contributed by atoms with Crippen molar-refractivity contribution in [2.24, 2.45) is 4.99 Å². The predicted molar refractivity (Wildman–Crippen MR) is 120 cm³/mol. The van der Waals surface area contributed by atoms with E-state index in [2.05, 4.69) is 22.5 Å². The number of fused-ring (bicyclic) bond motifs is 1. The van der Waals surface area contributed by atoms with Crippen LogP contribution in [0.15, 0.2) is 47.5 Å². The van der Waals surface area contributed by atoms with Gasteiger partial charge in [0.1, 0.15) is 0 Å². The Hall–Kier alpha value is -2.32. The van der Waals surface area contributed by atoms with Gasteiger partial charge in [-0.15, -0.1) is 0 Å². The van der Waals surface area contributed by atoms with E-state index in [4.69, 9.17) is 0 Å². The molecule has 2 aromatic rings. The largest absolute Gasteiger partial charge is 0.335 e. The van der Waals surface area contributed by atoms with E-state index in [0.717, 1.165) is 23.4 Å². The normalized spacial score (nSPS) is 22.1. The first kappa shape index (κ1) is 20.0. The van der Waals surface area contributed by atoms with Gasteiger partial charge in [-0.1, -0.05) is 36.9 Å². The average Bonchev–Trinajstić information content (AvgIpc) is 3.16. The van der Waals surface area contributed by atoms with E-state index >= 15 is 0 Å². The van der Waals surface area contributed by atoms with Gasteiger partial charge in [0.05, 0.1) is 17.5 Å². The van der Waals surface area contributed by atoms with Crippen molar-refractivity contribution < 1.29 is 13.2 Å². The van der Waals surface area contributed by atoms with E-state index in [-0.39, 0.29) is 28.7 Å². The number of amidine groups is 1. The van der Waals surface area contributed by atoms with Crippen molar-refractivity contribution >= 4 is 44.0 Å². The van der Waals surface area contributed by atoms with Gasteiger partial charge in [-0.25, -0.2) is 8.42 Å². The molecule has 2 heterocycles. The number of amides is 1. The molecule has 152 valence electrons. The second kappa shape index (κ2) is 7.84. The van der Waals surface area contributed by atoms with Crippen LogP contribution >= 0.6 is 11.8 Å². The summed E-state index contributed by atoms with van der Waals surface area (Å²) in [5.74, 6) is 0.116. The van der Waals surface area contributed by atoms with Gasteiger partial charge in [0, 0.05) is 22.2 Å². The number of aliphatic imine (C=N–C) groups is 1. The molecule has 2 aliphatic rings. The van der Waals surface area contributed by atoms with E-state index < -0.39 is 9.84 Å². The zero-order valence-corrected chi connectivity index (χ0v) is 17.9. The summed E-state index contributed by atoms with van der Waals surface area (Å²) in [5.41, 5.74) is 4.31. The Morgan fingerprint density at radius 1 is 1.17 bits per heavy atom. The Labute approximate surface area is 175 Å². The van der Waals surface area contributed by atoms with Crippen molar-refractivity contribution in [1.82, 2.24) is 0 Å². The summed E-state index contributed by atoms with van der Waals surface area (Å²) >= 11 is 1.47. The summed E-state index contributed by atoms with van der Waals surface area (Å²) < 4.78 is 23.4. The molecule has 2 N–H and O–H groups in total. The number of hydrogen-bond acceptors (Lipinski definition) is 6. The molecule has 2 aliphatic heterocycles. The molecule has 6 nitrogen and oxygen atoms in total. The maximum Gasteiger partial charge on any atom is 0.255 e. The lowest BCUT2D eigenvalue weighted by atomic mass is 10.1. The first-order valence-corrected chi connectivity index (χ1v) is 12.3. The van der Waals surface area contributed by atoms with Crippen LogP contribution < -0.4 is 10.6 Å². The highest BCUT2D eigenvalue weighted by molar-refractivity contribution is 8.15. The standard InChI is InChI=1S/C21H23N3O3S2/c1-3-14-5-8-16(9-6-14)22-20(25)15-7-4-13(2)17(10-15)23-21-24-18-11-29(26,27)12-19(18)28-21/h4-10,18-19H,3,11-12H2,1-2H3,(H,22,25)(H,23,24)/t18-,19+/m0/s1. The SMILES string of the molecule is CCc1ccc(NC(=O)c2ccc(C)c(NC3=N[C@H]4CS(=O)(=O)C[C@H]4S3)c2)cc1. The Morgan fingerprint density at radius 3 is 2.62 bits per heavy atom. The highest BCUT2D eigenvalue weighted by Crippen LogP contribution is 2.35. The number of thioether (sulfide) groups is 1. The Balaban J connectivity index is 1.47. The van der Waals surface area contributed by atoms with E-state index in [9.17, 15) is 13.2 Å². The fraction of sp³-hybridized carbons (Fsp3) is 0.333. The molecule has 0 radical (unpaired) electrons. The van der Waals surface area contributed by atoms with Gasteiger partial charge in [0.25, 0.3) is 5.91 Å². The molecule has 4 rings (SSSR count). The fourth-order valence-corrected chi connectivity index (χ4v) is 7.12. The molecule has 2 aromatic carbocycles. The molecule has 29 heavy (non-hydrogen) atoms. The third-order valence-electron chi connectivity index (χ3n) is 5.18. The van der Waals surface area contributed by atoms with Gasteiger partial charge in [-0.05, 0) is 48.7 Å². The quantitative estimate of drug-likeness (QED) is 0.777. The Morgan fingerprint density at radius 2 is 1.93 bits per heavy atom. The molecule has 0 bridgehead atoms. The minimum absolute atomic E-state index is 0.0135. The molecule has 1 fully saturated rings. The molecular formula is C21H23N3O3S2. The topological polar surface area (TPSA) is 87.6 Å². The number of hydrogen-bond donors (Lipinski definition) is 2. The monoisotopic (exact) mass is 429 g/mol. The maximum atomic E-state index is 12.7. The van der Waals surface area contributed by atoms with Gasteiger partial charge in [-0.2, -0.15) is 0 Å². The number of rotatable bonds is 4. The fourth-order valence-electron chi connectivity index (χ4n) is 3.46. The first-order chi connectivity index (χ1) is 13.8. The summed E-state index contributed by atoms with van der Waals surface area (Å²) in [5, 5.41) is 6.90. The van der Waals surface area contributed by atoms with E-state index in [1.54, 1.807) is 12.1 Å². The van der Waals surface area contributed by atoms with Gasteiger partial charge in [0.15, 0.2) is 15.0 Å². The van der Waals surface area contributed by atoms with Crippen LogP contribution in [0.2, 0.25) is 0 Å². The number of anilines is 2. The number of carbonyl (C=O) groups is 1. The molecule has 0 unspecified atom stereocenters. The molecule has 8 heteroatoms.